The standard InChI is InChI=1S/C2H2O4.2C2H4O2/c3-1(4)2(5)6;2*1-2(3)4/h(H,3,4)(H,5,6);2*1H3,(H,3,4). The van der Waals surface area contributed by atoms with Gasteiger partial charge in [0.2, 0.25) is 0 Å². The fraction of sp³-hybridized carbons (Fsp3) is 0.333. The molecule has 0 unspecified atom stereocenters. The summed E-state index contributed by atoms with van der Waals surface area (Å²) in [5.74, 6) is -5.31. The minimum Gasteiger partial charge on any atom is -0.481 e. The van der Waals surface area contributed by atoms with Gasteiger partial charge in [0.25, 0.3) is 11.9 Å². The van der Waals surface area contributed by atoms with Crippen molar-refractivity contribution in [1.29, 1.82) is 0 Å². The molecule has 0 bridgehead atoms. The zero-order valence-corrected chi connectivity index (χ0v) is 7.42. The Balaban J connectivity index is -0.000000135. The summed E-state index contributed by atoms with van der Waals surface area (Å²) in [5.41, 5.74) is 0. The highest BCUT2D eigenvalue weighted by Crippen LogP contribution is 1.56. The Morgan fingerprint density at radius 2 is 0.714 bits per heavy atom. The second-order valence-electron chi connectivity index (χ2n) is 1.65. The predicted octanol–water partition coefficient (Wildman–Crippen LogP) is -0.663. The first-order valence-electron chi connectivity index (χ1n) is 2.96. The molecule has 0 fully saturated rings. The summed E-state index contributed by atoms with van der Waals surface area (Å²) in [6.07, 6.45) is 0. The molecule has 0 aromatic rings. The molecule has 0 aliphatic rings. The molecule has 0 aliphatic heterocycles. The lowest BCUT2D eigenvalue weighted by atomic mass is 10.7. The van der Waals surface area contributed by atoms with Gasteiger partial charge in [-0.25, -0.2) is 9.59 Å². The summed E-state index contributed by atoms with van der Waals surface area (Å²) < 4.78 is 0. The summed E-state index contributed by atoms with van der Waals surface area (Å²) in [7, 11) is 0. The highest BCUT2D eigenvalue weighted by atomic mass is 16.4. The zero-order chi connectivity index (χ0) is 12.3. The number of carbonyl (C=O) groups is 4. The van der Waals surface area contributed by atoms with E-state index < -0.39 is 23.9 Å². The van der Waals surface area contributed by atoms with Gasteiger partial charge in [-0.05, 0) is 0 Å². The summed E-state index contributed by atoms with van der Waals surface area (Å²) in [5, 5.41) is 29.6. The first-order chi connectivity index (χ1) is 6.11. The van der Waals surface area contributed by atoms with E-state index in [2.05, 4.69) is 0 Å². The first kappa shape index (κ1) is 17.8. The van der Waals surface area contributed by atoms with E-state index in [1.54, 1.807) is 0 Å². The normalized spacial score (nSPS) is 6.71. The maximum Gasteiger partial charge on any atom is 0.414 e. The molecule has 0 heterocycles. The van der Waals surface area contributed by atoms with E-state index in [4.69, 9.17) is 39.6 Å². The lowest BCUT2D eigenvalue weighted by molar-refractivity contribution is -0.159. The number of hydrogen-bond acceptors (Lipinski definition) is 4. The molecule has 0 atom stereocenters. The van der Waals surface area contributed by atoms with Gasteiger partial charge >= 0.3 is 11.9 Å². The van der Waals surface area contributed by atoms with Crippen molar-refractivity contribution in [3.05, 3.63) is 0 Å². The van der Waals surface area contributed by atoms with Crippen LogP contribution < -0.4 is 0 Å². The number of carboxylic acids is 4. The lowest BCUT2D eigenvalue weighted by Gasteiger charge is -1.72. The van der Waals surface area contributed by atoms with Crippen molar-refractivity contribution in [2.75, 3.05) is 0 Å². The Bertz CT molecular complexity index is 186. The van der Waals surface area contributed by atoms with E-state index >= 15 is 0 Å². The monoisotopic (exact) mass is 210 g/mol. The van der Waals surface area contributed by atoms with Crippen LogP contribution in [-0.2, 0) is 19.2 Å². The van der Waals surface area contributed by atoms with E-state index in [1.807, 2.05) is 0 Å². The highest BCUT2D eigenvalue weighted by Gasteiger charge is 2.04. The lowest BCUT2D eigenvalue weighted by Crippen LogP contribution is -2.09. The smallest absolute Gasteiger partial charge is 0.414 e. The van der Waals surface area contributed by atoms with E-state index in [0.29, 0.717) is 0 Å². The molecule has 8 heteroatoms. The third kappa shape index (κ3) is 220. The molecule has 0 saturated carbocycles. The van der Waals surface area contributed by atoms with Gasteiger partial charge in [0.1, 0.15) is 0 Å². The van der Waals surface area contributed by atoms with Crippen LogP contribution in [0.1, 0.15) is 13.8 Å². The highest BCUT2D eigenvalue weighted by molar-refractivity contribution is 6.27. The molecule has 0 rings (SSSR count). The third-order valence-corrected chi connectivity index (χ3v) is 0.183. The van der Waals surface area contributed by atoms with E-state index in [0.717, 1.165) is 13.8 Å². The van der Waals surface area contributed by atoms with Crippen LogP contribution in [0.5, 0.6) is 0 Å². The van der Waals surface area contributed by atoms with Gasteiger partial charge in [-0.3, -0.25) is 9.59 Å². The molecule has 0 radical (unpaired) electrons. The summed E-state index contributed by atoms with van der Waals surface area (Å²) in [6, 6.07) is 0. The van der Waals surface area contributed by atoms with Crippen LogP contribution in [0.15, 0.2) is 0 Å². The molecular formula is C6H10O8. The Morgan fingerprint density at radius 1 is 0.643 bits per heavy atom. The average molecular weight is 210 g/mol. The number of rotatable bonds is 0. The van der Waals surface area contributed by atoms with E-state index in [-0.39, 0.29) is 0 Å². The summed E-state index contributed by atoms with van der Waals surface area (Å²) in [4.78, 5) is 36.2. The van der Waals surface area contributed by atoms with Crippen molar-refractivity contribution >= 4 is 23.9 Å². The van der Waals surface area contributed by atoms with Crippen molar-refractivity contribution in [1.82, 2.24) is 0 Å². The van der Waals surface area contributed by atoms with Crippen LogP contribution in [0.3, 0.4) is 0 Å². The van der Waals surface area contributed by atoms with Crippen molar-refractivity contribution in [2.24, 2.45) is 0 Å². The topological polar surface area (TPSA) is 149 Å². The second kappa shape index (κ2) is 10.9. The largest absolute Gasteiger partial charge is 0.481 e. The molecule has 0 saturated heterocycles. The van der Waals surface area contributed by atoms with E-state index in [9.17, 15) is 0 Å². The predicted molar refractivity (Wildman–Crippen MR) is 41.9 cm³/mol. The molecule has 8 nitrogen and oxygen atoms in total. The maximum atomic E-state index is 9.10. The molecule has 0 amide bonds. The third-order valence-electron chi connectivity index (χ3n) is 0.183. The minimum absolute atomic E-state index is 0.833. The van der Waals surface area contributed by atoms with Crippen molar-refractivity contribution < 1.29 is 39.6 Å². The molecule has 0 aliphatic carbocycles. The van der Waals surface area contributed by atoms with Gasteiger partial charge in [-0.15, -0.1) is 0 Å². The first-order valence-corrected chi connectivity index (χ1v) is 2.96. The van der Waals surface area contributed by atoms with Crippen LogP contribution in [0.25, 0.3) is 0 Å². The fourth-order valence-electron chi connectivity index (χ4n) is 0. The van der Waals surface area contributed by atoms with Crippen molar-refractivity contribution in [3.63, 3.8) is 0 Å². The number of carboxylic acid groups (broad SMARTS) is 4. The second-order valence-corrected chi connectivity index (χ2v) is 1.65. The molecule has 0 aromatic heterocycles. The Kier molecular flexibility index (Phi) is 13.9. The maximum absolute atomic E-state index is 9.10. The Morgan fingerprint density at radius 3 is 0.714 bits per heavy atom. The number of hydrogen-bond donors (Lipinski definition) is 4. The quantitative estimate of drug-likeness (QED) is 0.384. The SMILES string of the molecule is CC(=O)O.CC(=O)O.O=C(O)C(=O)O. The van der Waals surface area contributed by atoms with Gasteiger partial charge in [0, 0.05) is 13.8 Å². The van der Waals surface area contributed by atoms with Gasteiger partial charge in [0.05, 0.1) is 0 Å². The average Bonchev–Trinajstić information content (AvgIpc) is 1.83. The van der Waals surface area contributed by atoms with Crippen LogP contribution in [0, 0.1) is 0 Å². The molecule has 82 valence electrons. The Hall–Kier alpha value is -2.12. The van der Waals surface area contributed by atoms with Crippen LogP contribution in [0.4, 0.5) is 0 Å². The zero-order valence-electron chi connectivity index (χ0n) is 7.42. The molecule has 14 heavy (non-hydrogen) atoms. The van der Waals surface area contributed by atoms with Crippen molar-refractivity contribution in [2.45, 2.75) is 13.8 Å². The molecule has 4 N–H and O–H groups in total. The van der Waals surface area contributed by atoms with Crippen LogP contribution in [0.2, 0.25) is 0 Å². The fourth-order valence-corrected chi connectivity index (χ4v) is 0. The molecular weight excluding hydrogens is 200 g/mol. The van der Waals surface area contributed by atoms with Gasteiger partial charge in [-0.1, -0.05) is 0 Å². The van der Waals surface area contributed by atoms with E-state index in [1.165, 1.54) is 0 Å². The van der Waals surface area contributed by atoms with Crippen LogP contribution in [-0.4, -0.2) is 44.3 Å². The molecule has 0 aromatic carbocycles. The number of aliphatic carboxylic acids is 4. The summed E-state index contributed by atoms with van der Waals surface area (Å²) in [6.45, 7) is 2.17. The van der Waals surface area contributed by atoms with Gasteiger partial charge < -0.3 is 20.4 Å². The van der Waals surface area contributed by atoms with Crippen molar-refractivity contribution in [3.8, 4) is 0 Å². The summed E-state index contributed by atoms with van der Waals surface area (Å²) >= 11 is 0. The molecule has 0 spiro atoms. The minimum atomic E-state index is -1.82. The van der Waals surface area contributed by atoms with Gasteiger partial charge in [0.15, 0.2) is 0 Å². The van der Waals surface area contributed by atoms with Crippen LogP contribution >= 0.6 is 0 Å². The van der Waals surface area contributed by atoms with Gasteiger partial charge in [-0.2, -0.15) is 0 Å². The Labute approximate surface area is 78.4 Å².